The van der Waals surface area contributed by atoms with E-state index < -0.39 is 11.4 Å². The van der Waals surface area contributed by atoms with Crippen LogP contribution in [0, 0.1) is 5.41 Å². The first-order chi connectivity index (χ1) is 4.54. The molecular formula is C7H13NO2. The fourth-order valence-electron chi connectivity index (χ4n) is 1.48. The molecule has 0 aromatic heterocycles. The average Bonchev–Trinajstić information content (AvgIpc) is 2.13. The first-order valence-corrected chi connectivity index (χ1v) is 3.53. The van der Waals surface area contributed by atoms with Crippen molar-refractivity contribution in [3.63, 3.8) is 0 Å². The monoisotopic (exact) mass is 143 g/mol. The van der Waals surface area contributed by atoms with E-state index in [1.807, 2.05) is 0 Å². The molecule has 58 valence electrons. The third-order valence-corrected chi connectivity index (χ3v) is 2.30. The van der Waals surface area contributed by atoms with Gasteiger partial charge in [0.05, 0.1) is 5.41 Å². The molecule has 0 aromatic carbocycles. The molecule has 0 aliphatic heterocycles. The molecule has 3 N–H and O–H groups in total. The molecule has 2 atom stereocenters. The Morgan fingerprint density at radius 3 is 2.60 bits per heavy atom. The number of hydrogen-bond donors (Lipinski definition) is 2. The highest BCUT2D eigenvalue weighted by molar-refractivity contribution is 5.74. The first-order valence-electron chi connectivity index (χ1n) is 3.53. The van der Waals surface area contributed by atoms with Crippen molar-refractivity contribution in [2.45, 2.75) is 32.2 Å². The second-order valence-electron chi connectivity index (χ2n) is 3.37. The zero-order chi connectivity index (χ0) is 7.78. The predicted octanol–water partition coefficient (Wildman–Crippen LogP) is 0.588. The summed E-state index contributed by atoms with van der Waals surface area (Å²) in [4.78, 5) is 10.6. The van der Waals surface area contributed by atoms with Gasteiger partial charge in [0.1, 0.15) is 0 Å². The molecule has 0 spiro atoms. The average molecular weight is 143 g/mol. The van der Waals surface area contributed by atoms with Crippen LogP contribution in [0.25, 0.3) is 0 Å². The highest BCUT2D eigenvalue weighted by atomic mass is 16.4. The lowest BCUT2D eigenvalue weighted by Crippen LogP contribution is -2.26. The molecular weight excluding hydrogens is 130 g/mol. The van der Waals surface area contributed by atoms with Crippen LogP contribution in [0.1, 0.15) is 26.2 Å². The van der Waals surface area contributed by atoms with Gasteiger partial charge in [-0.1, -0.05) is 0 Å². The maximum absolute atomic E-state index is 10.6. The minimum atomic E-state index is -0.708. The molecule has 3 heteroatoms. The van der Waals surface area contributed by atoms with Crippen LogP contribution in [0.5, 0.6) is 0 Å². The molecule has 1 aliphatic carbocycles. The number of aliphatic carboxylic acids is 1. The standard InChI is InChI=1S/C7H13NO2/c1-7(6(9)10)3-2-5(8)4-7/h5H,2-4,8H2,1H3,(H,9,10)/t5-,7-/m0/s1. The second kappa shape index (κ2) is 2.23. The van der Waals surface area contributed by atoms with Crippen LogP contribution in [-0.2, 0) is 4.79 Å². The number of carbonyl (C=O) groups is 1. The first kappa shape index (κ1) is 7.54. The van der Waals surface area contributed by atoms with Gasteiger partial charge in [-0.3, -0.25) is 4.79 Å². The van der Waals surface area contributed by atoms with Gasteiger partial charge in [-0.25, -0.2) is 0 Å². The number of nitrogens with two attached hydrogens (primary N) is 1. The van der Waals surface area contributed by atoms with E-state index in [1.165, 1.54) is 0 Å². The van der Waals surface area contributed by atoms with Crippen LogP contribution >= 0.6 is 0 Å². The van der Waals surface area contributed by atoms with Crippen molar-refractivity contribution >= 4 is 5.97 Å². The van der Waals surface area contributed by atoms with Crippen molar-refractivity contribution in [3.8, 4) is 0 Å². The Morgan fingerprint density at radius 2 is 2.40 bits per heavy atom. The largest absolute Gasteiger partial charge is 0.481 e. The van der Waals surface area contributed by atoms with Crippen LogP contribution in [0.3, 0.4) is 0 Å². The molecule has 0 radical (unpaired) electrons. The summed E-state index contributed by atoms with van der Waals surface area (Å²) in [5, 5.41) is 8.73. The summed E-state index contributed by atoms with van der Waals surface area (Å²) in [6, 6.07) is 0.0982. The second-order valence-corrected chi connectivity index (χ2v) is 3.37. The van der Waals surface area contributed by atoms with E-state index in [4.69, 9.17) is 10.8 Å². The Bertz CT molecular complexity index is 158. The van der Waals surface area contributed by atoms with Gasteiger partial charge in [0.15, 0.2) is 0 Å². The predicted molar refractivity (Wildman–Crippen MR) is 37.6 cm³/mol. The molecule has 1 rings (SSSR count). The maximum atomic E-state index is 10.6. The molecule has 1 fully saturated rings. The molecule has 3 nitrogen and oxygen atoms in total. The molecule has 0 amide bonds. The van der Waals surface area contributed by atoms with Crippen molar-refractivity contribution in [3.05, 3.63) is 0 Å². The fraction of sp³-hybridized carbons (Fsp3) is 0.857. The van der Waals surface area contributed by atoms with Crippen molar-refractivity contribution in [1.29, 1.82) is 0 Å². The third kappa shape index (κ3) is 1.14. The summed E-state index contributed by atoms with van der Waals surface area (Å²) < 4.78 is 0. The zero-order valence-electron chi connectivity index (χ0n) is 6.13. The summed E-state index contributed by atoms with van der Waals surface area (Å²) in [6.07, 6.45) is 2.20. The van der Waals surface area contributed by atoms with Crippen LogP contribution < -0.4 is 5.73 Å². The van der Waals surface area contributed by atoms with Crippen molar-refractivity contribution < 1.29 is 9.90 Å². The molecule has 0 saturated heterocycles. The molecule has 1 saturated carbocycles. The van der Waals surface area contributed by atoms with E-state index in [2.05, 4.69) is 0 Å². The van der Waals surface area contributed by atoms with E-state index in [0.717, 1.165) is 12.8 Å². The van der Waals surface area contributed by atoms with Crippen molar-refractivity contribution in [2.75, 3.05) is 0 Å². The maximum Gasteiger partial charge on any atom is 0.309 e. The summed E-state index contributed by atoms with van der Waals surface area (Å²) in [5.41, 5.74) is 5.04. The SMILES string of the molecule is C[C@]1(C(=O)O)CC[C@H](N)C1. The summed E-state index contributed by atoms with van der Waals surface area (Å²) in [6.45, 7) is 1.77. The van der Waals surface area contributed by atoms with Crippen LogP contribution in [0.2, 0.25) is 0 Å². The summed E-state index contributed by atoms with van der Waals surface area (Å²) in [7, 11) is 0. The van der Waals surface area contributed by atoms with E-state index in [1.54, 1.807) is 6.92 Å². The van der Waals surface area contributed by atoms with E-state index in [9.17, 15) is 4.79 Å². The van der Waals surface area contributed by atoms with Gasteiger partial charge >= 0.3 is 5.97 Å². The number of carboxylic acid groups (broad SMARTS) is 1. The summed E-state index contributed by atoms with van der Waals surface area (Å²) >= 11 is 0. The number of hydrogen-bond acceptors (Lipinski definition) is 2. The minimum Gasteiger partial charge on any atom is -0.481 e. The van der Waals surface area contributed by atoms with Gasteiger partial charge in [0.25, 0.3) is 0 Å². The Kier molecular flexibility index (Phi) is 1.68. The lowest BCUT2D eigenvalue weighted by atomic mass is 9.89. The smallest absolute Gasteiger partial charge is 0.309 e. The molecule has 0 bridgehead atoms. The molecule has 10 heavy (non-hydrogen) atoms. The Balaban J connectivity index is 2.63. The van der Waals surface area contributed by atoms with Crippen LogP contribution in [0.4, 0.5) is 0 Å². The van der Waals surface area contributed by atoms with E-state index >= 15 is 0 Å². The van der Waals surface area contributed by atoms with E-state index in [-0.39, 0.29) is 6.04 Å². The summed E-state index contributed by atoms with van der Waals surface area (Å²) in [5.74, 6) is -0.708. The van der Waals surface area contributed by atoms with Crippen molar-refractivity contribution in [1.82, 2.24) is 0 Å². The van der Waals surface area contributed by atoms with Gasteiger partial charge in [-0.2, -0.15) is 0 Å². The molecule has 1 aliphatic rings. The van der Waals surface area contributed by atoms with Gasteiger partial charge in [-0.15, -0.1) is 0 Å². The fourth-order valence-corrected chi connectivity index (χ4v) is 1.48. The third-order valence-electron chi connectivity index (χ3n) is 2.30. The van der Waals surface area contributed by atoms with Gasteiger partial charge in [-0.05, 0) is 26.2 Å². The van der Waals surface area contributed by atoms with Gasteiger partial charge < -0.3 is 10.8 Å². The quantitative estimate of drug-likeness (QED) is 0.564. The molecule has 0 unspecified atom stereocenters. The highest BCUT2D eigenvalue weighted by Gasteiger charge is 2.39. The van der Waals surface area contributed by atoms with Gasteiger partial charge in [0.2, 0.25) is 0 Å². The van der Waals surface area contributed by atoms with Crippen LogP contribution in [0.15, 0.2) is 0 Å². The molecule has 0 aromatic rings. The Hall–Kier alpha value is -0.570. The minimum absolute atomic E-state index is 0.0982. The lowest BCUT2D eigenvalue weighted by Gasteiger charge is -2.16. The Morgan fingerprint density at radius 1 is 1.80 bits per heavy atom. The number of rotatable bonds is 1. The molecule has 0 heterocycles. The van der Waals surface area contributed by atoms with Crippen LogP contribution in [-0.4, -0.2) is 17.1 Å². The normalized spacial score (nSPS) is 40.0. The number of carboxylic acids is 1. The van der Waals surface area contributed by atoms with E-state index in [0.29, 0.717) is 6.42 Å². The Labute approximate surface area is 60.2 Å². The van der Waals surface area contributed by atoms with Gasteiger partial charge in [0, 0.05) is 6.04 Å². The topological polar surface area (TPSA) is 63.3 Å². The van der Waals surface area contributed by atoms with Crippen molar-refractivity contribution in [2.24, 2.45) is 11.1 Å². The zero-order valence-corrected chi connectivity index (χ0v) is 6.13. The lowest BCUT2D eigenvalue weighted by molar-refractivity contribution is -0.147. The highest BCUT2D eigenvalue weighted by Crippen LogP contribution is 2.36.